The Morgan fingerprint density at radius 2 is 1.91 bits per heavy atom. The number of rotatable bonds is 5. The van der Waals surface area contributed by atoms with E-state index in [1.54, 1.807) is 23.5 Å². The summed E-state index contributed by atoms with van der Waals surface area (Å²) in [5, 5.41) is 3.91. The molecular formula is C18H19NO3S. The van der Waals surface area contributed by atoms with Crippen LogP contribution in [-0.4, -0.2) is 25.4 Å². The summed E-state index contributed by atoms with van der Waals surface area (Å²) < 4.78 is 4.94. The monoisotopic (exact) mass is 329 g/mol. The van der Waals surface area contributed by atoms with E-state index in [0.717, 1.165) is 36.2 Å². The normalized spacial score (nSPS) is 13.3. The van der Waals surface area contributed by atoms with Gasteiger partial charge in [0.15, 0.2) is 5.78 Å². The third-order valence-corrected chi connectivity index (χ3v) is 5.32. The van der Waals surface area contributed by atoms with Gasteiger partial charge in [-0.05, 0) is 31.2 Å². The lowest BCUT2D eigenvalue weighted by atomic mass is 9.95. The van der Waals surface area contributed by atoms with Crippen molar-refractivity contribution >= 4 is 28.1 Å². The third-order valence-electron chi connectivity index (χ3n) is 4.07. The number of methoxy groups -OCH3 is 1. The van der Waals surface area contributed by atoms with Crippen LogP contribution in [0.4, 0.5) is 5.00 Å². The predicted molar refractivity (Wildman–Crippen MR) is 91.6 cm³/mol. The number of fused-ring (bicyclic) bond motifs is 1. The summed E-state index contributed by atoms with van der Waals surface area (Å²) >= 11 is 1.58. The van der Waals surface area contributed by atoms with Gasteiger partial charge in [0.2, 0.25) is 0 Å². The fourth-order valence-electron chi connectivity index (χ4n) is 2.90. The number of esters is 1. The lowest BCUT2D eigenvalue weighted by molar-refractivity contribution is 0.0600. The first-order valence-corrected chi connectivity index (χ1v) is 8.57. The molecule has 0 saturated heterocycles. The summed E-state index contributed by atoms with van der Waals surface area (Å²) in [6.07, 6.45) is 4.15. The van der Waals surface area contributed by atoms with E-state index >= 15 is 0 Å². The molecule has 0 atom stereocenters. The SMILES string of the molecule is COC(=O)c1c(NCC(=O)c2ccccc2)sc2c1CCCC2. The standard InChI is InChI=1S/C18H19NO3S/c1-22-18(21)16-13-9-5-6-10-15(13)23-17(16)19-11-14(20)12-7-3-2-4-8-12/h2-4,7-8,19H,5-6,9-11H2,1H3. The number of anilines is 1. The van der Waals surface area contributed by atoms with E-state index in [4.69, 9.17) is 4.74 Å². The molecule has 0 unspecified atom stereocenters. The highest BCUT2D eigenvalue weighted by Gasteiger charge is 2.26. The average molecular weight is 329 g/mol. The number of benzene rings is 1. The maximum atomic E-state index is 12.2. The predicted octanol–water partition coefficient (Wildman–Crippen LogP) is 3.71. The highest BCUT2D eigenvalue weighted by atomic mass is 32.1. The third kappa shape index (κ3) is 3.29. The lowest BCUT2D eigenvalue weighted by Gasteiger charge is -2.11. The average Bonchev–Trinajstić information content (AvgIpc) is 2.98. The van der Waals surface area contributed by atoms with Gasteiger partial charge in [0, 0.05) is 10.4 Å². The van der Waals surface area contributed by atoms with Crippen LogP contribution >= 0.6 is 11.3 Å². The van der Waals surface area contributed by atoms with Crippen LogP contribution in [-0.2, 0) is 17.6 Å². The van der Waals surface area contributed by atoms with Gasteiger partial charge in [-0.2, -0.15) is 0 Å². The molecule has 1 heterocycles. The van der Waals surface area contributed by atoms with Crippen LogP contribution in [0.1, 0.15) is 44.0 Å². The number of aryl methyl sites for hydroxylation is 1. The first-order chi connectivity index (χ1) is 11.2. The minimum Gasteiger partial charge on any atom is -0.465 e. The second kappa shape index (κ2) is 6.96. The Morgan fingerprint density at radius 3 is 2.65 bits per heavy atom. The van der Waals surface area contributed by atoms with Gasteiger partial charge in [-0.15, -0.1) is 11.3 Å². The quantitative estimate of drug-likeness (QED) is 0.671. The molecule has 1 aromatic heterocycles. The van der Waals surface area contributed by atoms with Gasteiger partial charge in [-0.1, -0.05) is 30.3 Å². The number of hydrogen-bond acceptors (Lipinski definition) is 5. The van der Waals surface area contributed by atoms with E-state index in [-0.39, 0.29) is 18.3 Å². The summed E-state index contributed by atoms with van der Waals surface area (Å²) in [6.45, 7) is 0.174. The van der Waals surface area contributed by atoms with Gasteiger partial charge in [0.1, 0.15) is 5.00 Å². The number of ether oxygens (including phenoxy) is 1. The van der Waals surface area contributed by atoms with Crippen molar-refractivity contribution in [1.29, 1.82) is 0 Å². The molecule has 3 rings (SSSR count). The van der Waals surface area contributed by atoms with Gasteiger partial charge in [0.05, 0.1) is 19.2 Å². The molecule has 4 nitrogen and oxygen atoms in total. The maximum Gasteiger partial charge on any atom is 0.341 e. The molecule has 120 valence electrons. The van der Waals surface area contributed by atoms with E-state index in [2.05, 4.69) is 5.32 Å². The molecule has 0 fully saturated rings. The van der Waals surface area contributed by atoms with Crippen LogP contribution in [0.5, 0.6) is 0 Å². The Balaban J connectivity index is 1.81. The number of Topliss-reactive ketones (excluding diaryl/α,β-unsaturated/α-hetero) is 1. The van der Waals surface area contributed by atoms with E-state index in [9.17, 15) is 9.59 Å². The smallest absolute Gasteiger partial charge is 0.341 e. The van der Waals surface area contributed by atoms with Crippen molar-refractivity contribution < 1.29 is 14.3 Å². The molecule has 0 saturated carbocycles. The molecule has 0 spiro atoms. The van der Waals surface area contributed by atoms with Gasteiger partial charge < -0.3 is 10.1 Å². The molecule has 1 aliphatic carbocycles. The van der Waals surface area contributed by atoms with E-state index in [1.807, 2.05) is 18.2 Å². The minimum absolute atomic E-state index is 0.00721. The zero-order valence-electron chi connectivity index (χ0n) is 13.1. The summed E-state index contributed by atoms with van der Waals surface area (Å²) in [4.78, 5) is 25.6. The minimum atomic E-state index is -0.320. The van der Waals surface area contributed by atoms with Crippen molar-refractivity contribution in [2.24, 2.45) is 0 Å². The van der Waals surface area contributed by atoms with E-state index < -0.39 is 0 Å². The molecule has 0 aliphatic heterocycles. The van der Waals surface area contributed by atoms with Crippen LogP contribution in [0.2, 0.25) is 0 Å². The molecular weight excluding hydrogens is 310 g/mol. The van der Waals surface area contributed by atoms with Crippen LogP contribution in [0.3, 0.4) is 0 Å². The van der Waals surface area contributed by atoms with Crippen LogP contribution in [0.25, 0.3) is 0 Å². The van der Waals surface area contributed by atoms with E-state index in [1.165, 1.54) is 12.0 Å². The molecule has 2 aromatic rings. The van der Waals surface area contributed by atoms with Crippen LogP contribution in [0, 0.1) is 0 Å². The first-order valence-electron chi connectivity index (χ1n) is 7.75. The van der Waals surface area contributed by atoms with Crippen molar-refractivity contribution in [1.82, 2.24) is 0 Å². The second-order valence-corrected chi connectivity index (χ2v) is 6.65. The van der Waals surface area contributed by atoms with Gasteiger partial charge in [0.25, 0.3) is 0 Å². The van der Waals surface area contributed by atoms with Crippen molar-refractivity contribution in [3.63, 3.8) is 0 Å². The van der Waals surface area contributed by atoms with Crippen molar-refractivity contribution in [2.45, 2.75) is 25.7 Å². The summed E-state index contributed by atoms with van der Waals surface area (Å²) in [5.41, 5.74) is 2.39. The Labute approximate surface area is 139 Å². The number of hydrogen-bond donors (Lipinski definition) is 1. The van der Waals surface area contributed by atoms with Crippen molar-refractivity contribution in [2.75, 3.05) is 19.0 Å². The van der Waals surface area contributed by atoms with Crippen LogP contribution < -0.4 is 5.32 Å². The molecule has 0 radical (unpaired) electrons. The Bertz CT molecular complexity index is 721. The number of carbonyl (C=O) groups excluding carboxylic acids is 2. The molecule has 1 N–H and O–H groups in total. The highest BCUT2D eigenvalue weighted by molar-refractivity contribution is 7.16. The van der Waals surface area contributed by atoms with Crippen molar-refractivity contribution in [3.05, 3.63) is 51.9 Å². The number of thiophene rings is 1. The second-order valence-electron chi connectivity index (χ2n) is 5.55. The van der Waals surface area contributed by atoms with Gasteiger partial charge in [-0.3, -0.25) is 4.79 Å². The van der Waals surface area contributed by atoms with Crippen molar-refractivity contribution in [3.8, 4) is 0 Å². The Hall–Kier alpha value is -2.14. The molecule has 1 aliphatic rings. The molecule has 23 heavy (non-hydrogen) atoms. The van der Waals surface area contributed by atoms with Gasteiger partial charge >= 0.3 is 5.97 Å². The first kappa shape index (κ1) is 15.7. The number of nitrogens with one attached hydrogen (secondary N) is 1. The topological polar surface area (TPSA) is 55.4 Å². The summed E-state index contributed by atoms with van der Waals surface area (Å²) in [6, 6.07) is 9.16. The molecule has 0 amide bonds. The Kier molecular flexibility index (Phi) is 4.76. The number of carbonyl (C=O) groups is 2. The largest absolute Gasteiger partial charge is 0.465 e. The van der Waals surface area contributed by atoms with Crippen LogP contribution in [0.15, 0.2) is 30.3 Å². The summed E-state index contributed by atoms with van der Waals surface area (Å²) in [7, 11) is 1.40. The zero-order valence-corrected chi connectivity index (χ0v) is 13.9. The maximum absolute atomic E-state index is 12.2. The lowest BCUT2D eigenvalue weighted by Crippen LogP contribution is -2.16. The molecule has 0 bridgehead atoms. The Morgan fingerprint density at radius 1 is 1.17 bits per heavy atom. The molecule has 5 heteroatoms. The van der Waals surface area contributed by atoms with Gasteiger partial charge in [-0.25, -0.2) is 4.79 Å². The fourth-order valence-corrected chi connectivity index (χ4v) is 4.17. The number of ketones is 1. The summed E-state index contributed by atoms with van der Waals surface area (Å²) in [5.74, 6) is -0.313. The molecule has 1 aromatic carbocycles. The van der Waals surface area contributed by atoms with E-state index in [0.29, 0.717) is 11.1 Å². The zero-order chi connectivity index (χ0) is 16.2. The highest BCUT2D eigenvalue weighted by Crippen LogP contribution is 2.38. The fraction of sp³-hybridized carbons (Fsp3) is 0.333.